The van der Waals surface area contributed by atoms with E-state index in [1.807, 2.05) is 30.3 Å². The summed E-state index contributed by atoms with van der Waals surface area (Å²) in [7, 11) is -3.68. The van der Waals surface area contributed by atoms with E-state index >= 15 is 0 Å². The summed E-state index contributed by atoms with van der Waals surface area (Å²) in [6.45, 7) is 0.999. The number of amides is 1. The van der Waals surface area contributed by atoms with Crippen molar-refractivity contribution in [2.75, 3.05) is 18.4 Å². The lowest BCUT2D eigenvalue weighted by molar-refractivity contribution is 0.102. The molecule has 0 aliphatic carbocycles. The molecule has 1 aliphatic heterocycles. The maximum absolute atomic E-state index is 13.1. The molecule has 4 rings (SSSR count). The SMILES string of the molecule is O=C(Nc1ccccc1S(=O)(=O)N1CCCCC1)c1cnc(-c2ccccc2)nc1. The first-order chi connectivity index (χ1) is 14.6. The van der Waals surface area contributed by atoms with Crippen LogP contribution in [0.1, 0.15) is 29.6 Å². The monoisotopic (exact) mass is 422 g/mol. The summed E-state index contributed by atoms with van der Waals surface area (Å²) in [6.07, 6.45) is 5.60. The van der Waals surface area contributed by atoms with Crippen LogP contribution >= 0.6 is 0 Å². The lowest BCUT2D eigenvalue weighted by Gasteiger charge is -2.26. The fourth-order valence-corrected chi connectivity index (χ4v) is 5.08. The van der Waals surface area contributed by atoms with Crippen molar-refractivity contribution in [3.05, 3.63) is 72.6 Å². The largest absolute Gasteiger partial charge is 0.321 e. The van der Waals surface area contributed by atoms with E-state index in [-0.39, 0.29) is 16.1 Å². The van der Waals surface area contributed by atoms with Crippen molar-refractivity contribution in [2.24, 2.45) is 0 Å². The van der Waals surface area contributed by atoms with Gasteiger partial charge in [0, 0.05) is 31.0 Å². The summed E-state index contributed by atoms with van der Waals surface area (Å²) in [6, 6.07) is 15.9. The van der Waals surface area contributed by atoms with E-state index in [1.54, 1.807) is 18.2 Å². The van der Waals surface area contributed by atoms with Crippen molar-refractivity contribution in [3.8, 4) is 11.4 Å². The molecule has 0 atom stereocenters. The summed E-state index contributed by atoms with van der Waals surface area (Å²) in [4.78, 5) is 21.3. The van der Waals surface area contributed by atoms with Crippen molar-refractivity contribution in [3.63, 3.8) is 0 Å². The highest BCUT2D eigenvalue weighted by atomic mass is 32.2. The Morgan fingerprint density at radius 1 is 0.867 bits per heavy atom. The first-order valence-corrected chi connectivity index (χ1v) is 11.3. The number of hydrogen-bond acceptors (Lipinski definition) is 5. The molecule has 2 aromatic carbocycles. The van der Waals surface area contributed by atoms with Crippen LogP contribution in [0.15, 0.2) is 71.9 Å². The van der Waals surface area contributed by atoms with Gasteiger partial charge in [0.2, 0.25) is 10.0 Å². The number of hydrogen-bond donors (Lipinski definition) is 1. The number of para-hydroxylation sites is 1. The van der Waals surface area contributed by atoms with Gasteiger partial charge < -0.3 is 5.32 Å². The lowest BCUT2D eigenvalue weighted by atomic mass is 10.2. The van der Waals surface area contributed by atoms with Crippen molar-refractivity contribution < 1.29 is 13.2 Å². The predicted molar refractivity (Wildman–Crippen MR) is 114 cm³/mol. The maximum Gasteiger partial charge on any atom is 0.258 e. The molecule has 0 radical (unpaired) electrons. The van der Waals surface area contributed by atoms with Gasteiger partial charge in [-0.1, -0.05) is 48.9 Å². The van der Waals surface area contributed by atoms with Crippen LogP contribution in [-0.2, 0) is 10.0 Å². The van der Waals surface area contributed by atoms with Gasteiger partial charge in [0.15, 0.2) is 5.82 Å². The smallest absolute Gasteiger partial charge is 0.258 e. The van der Waals surface area contributed by atoms with Crippen LogP contribution in [0, 0.1) is 0 Å². The van der Waals surface area contributed by atoms with E-state index in [1.165, 1.54) is 22.8 Å². The summed E-state index contributed by atoms with van der Waals surface area (Å²) >= 11 is 0. The molecule has 1 N–H and O–H groups in total. The van der Waals surface area contributed by atoms with Crippen molar-refractivity contribution in [1.82, 2.24) is 14.3 Å². The first kappa shape index (κ1) is 20.2. The predicted octanol–water partition coefficient (Wildman–Crippen LogP) is 3.57. The van der Waals surface area contributed by atoms with Crippen LogP contribution in [0.2, 0.25) is 0 Å². The highest BCUT2D eigenvalue weighted by Gasteiger charge is 2.28. The van der Waals surface area contributed by atoms with Gasteiger partial charge in [-0.3, -0.25) is 4.79 Å². The number of anilines is 1. The number of carbonyl (C=O) groups is 1. The molecule has 1 aliphatic rings. The van der Waals surface area contributed by atoms with Crippen LogP contribution in [0.5, 0.6) is 0 Å². The lowest BCUT2D eigenvalue weighted by Crippen LogP contribution is -2.36. The Bertz CT molecular complexity index is 1130. The number of aromatic nitrogens is 2. The minimum Gasteiger partial charge on any atom is -0.321 e. The highest BCUT2D eigenvalue weighted by Crippen LogP contribution is 2.27. The normalized spacial score (nSPS) is 14.9. The summed E-state index contributed by atoms with van der Waals surface area (Å²) in [5.74, 6) is 0.0520. The van der Waals surface area contributed by atoms with Gasteiger partial charge in [-0.2, -0.15) is 4.31 Å². The minimum atomic E-state index is -3.68. The third-order valence-electron chi connectivity index (χ3n) is 5.01. The first-order valence-electron chi connectivity index (χ1n) is 9.84. The third kappa shape index (κ3) is 4.24. The Morgan fingerprint density at radius 3 is 2.20 bits per heavy atom. The molecular weight excluding hydrogens is 400 g/mol. The zero-order valence-corrected chi connectivity index (χ0v) is 17.2. The number of carbonyl (C=O) groups excluding carboxylic acids is 1. The Labute approximate surface area is 175 Å². The van der Waals surface area contributed by atoms with Crippen molar-refractivity contribution in [1.29, 1.82) is 0 Å². The Balaban J connectivity index is 1.55. The van der Waals surface area contributed by atoms with Crippen LogP contribution in [0.3, 0.4) is 0 Å². The molecule has 2 heterocycles. The summed E-state index contributed by atoms with van der Waals surface area (Å²) < 4.78 is 27.6. The van der Waals surface area contributed by atoms with E-state index in [9.17, 15) is 13.2 Å². The van der Waals surface area contributed by atoms with Crippen LogP contribution in [-0.4, -0.2) is 41.7 Å². The molecule has 1 amide bonds. The average molecular weight is 423 g/mol. The number of nitrogens with one attached hydrogen (secondary N) is 1. The quantitative estimate of drug-likeness (QED) is 0.679. The molecule has 154 valence electrons. The van der Waals surface area contributed by atoms with E-state index < -0.39 is 15.9 Å². The van der Waals surface area contributed by atoms with E-state index in [0.29, 0.717) is 18.9 Å². The minimum absolute atomic E-state index is 0.0991. The van der Waals surface area contributed by atoms with E-state index in [0.717, 1.165) is 24.8 Å². The molecule has 0 saturated carbocycles. The van der Waals surface area contributed by atoms with Gasteiger partial charge in [0.05, 0.1) is 11.3 Å². The van der Waals surface area contributed by atoms with Crippen LogP contribution < -0.4 is 5.32 Å². The highest BCUT2D eigenvalue weighted by molar-refractivity contribution is 7.89. The molecule has 1 aromatic heterocycles. The van der Waals surface area contributed by atoms with E-state index in [2.05, 4.69) is 15.3 Å². The van der Waals surface area contributed by atoms with Crippen molar-refractivity contribution in [2.45, 2.75) is 24.2 Å². The fourth-order valence-electron chi connectivity index (χ4n) is 3.42. The molecule has 7 nitrogen and oxygen atoms in total. The van der Waals surface area contributed by atoms with E-state index in [4.69, 9.17) is 0 Å². The molecule has 3 aromatic rings. The molecule has 0 bridgehead atoms. The Kier molecular flexibility index (Phi) is 5.87. The van der Waals surface area contributed by atoms with Crippen LogP contribution in [0.4, 0.5) is 5.69 Å². The molecule has 0 unspecified atom stereocenters. The van der Waals surface area contributed by atoms with Gasteiger partial charge in [-0.15, -0.1) is 0 Å². The molecule has 0 spiro atoms. The third-order valence-corrected chi connectivity index (χ3v) is 6.97. The number of sulfonamides is 1. The van der Waals surface area contributed by atoms with Gasteiger partial charge in [0.25, 0.3) is 5.91 Å². The zero-order chi connectivity index (χ0) is 21.0. The maximum atomic E-state index is 13.1. The summed E-state index contributed by atoms with van der Waals surface area (Å²) in [5, 5.41) is 2.71. The number of piperidine rings is 1. The molecule has 30 heavy (non-hydrogen) atoms. The van der Waals surface area contributed by atoms with Crippen molar-refractivity contribution >= 4 is 21.6 Å². The second-order valence-electron chi connectivity index (χ2n) is 7.08. The Morgan fingerprint density at radius 2 is 1.50 bits per heavy atom. The summed E-state index contributed by atoms with van der Waals surface area (Å²) in [5.41, 5.74) is 1.35. The zero-order valence-electron chi connectivity index (χ0n) is 16.4. The second-order valence-corrected chi connectivity index (χ2v) is 8.98. The molecular formula is C22H22N4O3S. The topological polar surface area (TPSA) is 92.3 Å². The molecule has 8 heteroatoms. The Hall–Kier alpha value is -3.10. The van der Waals surface area contributed by atoms with Gasteiger partial charge in [0.1, 0.15) is 4.90 Å². The van der Waals surface area contributed by atoms with Gasteiger partial charge in [-0.05, 0) is 25.0 Å². The fraction of sp³-hybridized carbons (Fsp3) is 0.227. The number of rotatable bonds is 5. The average Bonchev–Trinajstić information content (AvgIpc) is 2.80. The number of benzene rings is 2. The molecule has 1 saturated heterocycles. The molecule has 1 fully saturated rings. The second kappa shape index (κ2) is 8.73. The van der Waals surface area contributed by atoms with Crippen LogP contribution in [0.25, 0.3) is 11.4 Å². The van der Waals surface area contributed by atoms with Gasteiger partial charge in [-0.25, -0.2) is 18.4 Å². The number of nitrogens with zero attached hydrogens (tertiary/aromatic N) is 3. The standard InChI is InChI=1S/C22H22N4O3S/c27-22(18-15-23-21(24-16-18)17-9-3-1-4-10-17)25-19-11-5-6-12-20(19)30(28,29)26-13-7-2-8-14-26/h1,3-6,9-12,15-16H,2,7-8,13-14H2,(H,25,27). The van der Waals surface area contributed by atoms with Gasteiger partial charge >= 0.3 is 0 Å².